The largest absolute Gasteiger partial charge is 0.467 e. The van der Waals surface area contributed by atoms with Gasteiger partial charge >= 0.3 is 0 Å². The van der Waals surface area contributed by atoms with Crippen LogP contribution < -0.4 is 0 Å². The van der Waals surface area contributed by atoms with Crippen molar-refractivity contribution in [3.05, 3.63) is 107 Å². The molecule has 188 valence electrons. The van der Waals surface area contributed by atoms with Gasteiger partial charge < -0.3 is 18.6 Å². The average molecular weight is 508 g/mol. The summed E-state index contributed by atoms with van der Waals surface area (Å²) in [5.74, 6) is 0.268. The second-order valence-corrected chi connectivity index (χ2v) is 10.4. The van der Waals surface area contributed by atoms with Crippen molar-refractivity contribution >= 4 is 15.7 Å². The topological polar surface area (TPSA) is 94.6 Å². The molecule has 2 heterocycles. The molecular formula is C27H29N3O5S. The predicted molar refractivity (Wildman–Crippen MR) is 135 cm³/mol. The first-order chi connectivity index (χ1) is 17.4. The Bertz CT molecular complexity index is 1400. The van der Waals surface area contributed by atoms with Crippen LogP contribution in [0.1, 0.15) is 32.9 Å². The lowest BCUT2D eigenvalue weighted by molar-refractivity contribution is 0.0711. The van der Waals surface area contributed by atoms with Crippen LogP contribution in [0.15, 0.2) is 88.8 Å². The first-order valence-corrected chi connectivity index (χ1v) is 13.2. The van der Waals surface area contributed by atoms with Gasteiger partial charge in [-0.05, 0) is 36.2 Å². The number of rotatable bonds is 11. The minimum absolute atomic E-state index is 0.0420. The number of aryl methyl sites for hydroxylation is 1. The Morgan fingerprint density at radius 1 is 1.03 bits per heavy atom. The van der Waals surface area contributed by atoms with E-state index in [-0.39, 0.29) is 36.5 Å². The normalized spacial score (nSPS) is 11.5. The second-order valence-electron chi connectivity index (χ2n) is 8.48. The number of aromatic nitrogens is 2. The molecule has 0 saturated carbocycles. The first-order valence-electron chi connectivity index (χ1n) is 11.6. The number of sulfone groups is 1. The smallest absolute Gasteiger partial charge is 0.254 e. The third-order valence-electron chi connectivity index (χ3n) is 5.84. The Morgan fingerprint density at radius 3 is 2.47 bits per heavy atom. The Labute approximate surface area is 211 Å². The molecule has 2 aromatic heterocycles. The summed E-state index contributed by atoms with van der Waals surface area (Å²) in [4.78, 5) is 19.5. The molecule has 0 aliphatic heterocycles. The molecule has 0 unspecified atom stereocenters. The quantitative estimate of drug-likeness (QED) is 0.301. The molecule has 2 aromatic carbocycles. The van der Waals surface area contributed by atoms with E-state index in [2.05, 4.69) is 4.98 Å². The Morgan fingerprint density at radius 2 is 1.78 bits per heavy atom. The van der Waals surface area contributed by atoms with E-state index in [0.717, 1.165) is 5.56 Å². The van der Waals surface area contributed by atoms with E-state index in [1.54, 1.807) is 65.3 Å². The van der Waals surface area contributed by atoms with Crippen molar-refractivity contribution in [3.63, 3.8) is 0 Å². The number of furan rings is 1. The van der Waals surface area contributed by atoms with E-state index in [1.165, 1.54) is 6.20 Å². The maximum atomic E-state index is 13.6. The fraction of sp³-hybridized carbons (Fsp3) is 0.259. The van der Waals surface area contributed by atoms with Gasteiger partial charge in [-0.1, -0.05) is 48.5 Å². The number of carbonyl (C=O) groups excluding carboxylic acids is 1. The summed E-state index contributed by atoms with van der Waals surface area (Å²) in [5, 5.41) is -0.0420. The molecule has 1 amide bonds. The summed E-state index contributed by atoms with van der Waals surface area (Å²) in [6, 6.07) is 19.9. The van der Waals surface area contributed by atoms with Crippen molar-refractivity contribution in [3.8, 4) is 0 Å². The van der Waals surface area contributed by atoms with Crippen molar-refractivity contribution in [1.29, 1.82) is 0 Å². The highest BCUT2D eigenvalue weighted by Crippen LogP contribution is 2.21. The van der Waals surface area contributed by atoms with Gasteiger partial charge in [0.05, 0.1) is 43.6 Å². The van der Waals surface area contributed by atoms with Crippen molar-refractivity contribution in [2.75, 3.05) is 13.7 Å². The van der Waals surface area contributed by atoms with Gasteiger partial charge in [0.1, 0.15) is 5.76 Å². The molecule has 9 heteroatoms. The van der Waals surface area contributed by atoms with Crippen LogP contribution in [0.5, 0.6) is 0 Å². The fourth-order valence-electron chi connectivity index (χ4n) is 4.02. The second kappa shape index (κ2) is 11.4. The van der Waals surface area contributed by atoms with Crippen LogP contribution in [0.3, 0.4) is 0 Å². The number of carbonyl (C=O) groups is 1. The molecule has 0 spiro atoms. The van der Waals surface area contributed by atoms with Gasteiger partial charge in [0, 0.05) is 19.2 Å². The van der Waals surface area contributed by atoms with Crippen LogP contribution in [-0.4, -0.2) is 42.5 Å². The van der Waals surface area contributed by atoms with Crippen LogP contribution in [0.25, 0.3) is 0 Å². The minimum Gasteiger partial charge on any atom is -0.467 e. The molecule has 4 aromatic rings. The van der Waals surface area contributed by atoms with Gasteiger partial charge in [0.2, 0.25) is 15.0 Å². The standard InChI is InChI=1S/C27H29N3O5S/c1-21-9-6-7-13-25(21)26(31)29(19-24-12-8-15-35-24)18-23-17-28-27(30(23)14-16-34-2)36(32,33)20-22-10-4-3-5-11-22/h3-13,15,17H,14,16,18-20H2,1-2H3. The number of imidazole rings is 1. The Balaban J connectivity index is 1.69. The third-order valence-corrected chi connectivity index (χ3v) is 7.44. The molecule has 0 atom stereocenters. The monoisotopic (exact) mass is 507 g/mol. The maximum absolute atomic E-state index is 13.6. The van der Waals surface area contributed by atoms with E-state index >= 15 is 0 Å². The number of hydrogen-bond donors (Lipinski definition) is 0. The average Bonchev–Trinajstić information content (AvgIpc) is 3.53. The molecule has 0 radical (unpaired) electrons. The van der Waals surface area contributed by atoms with Crippen LogP contribution >= 0.6 is 0 Å². The van der Waals surface area contributed by atoms with Gasteiger partial charge in [0.25, 0.3) is 5.91 Å². The van der Waals surface area contributed by atoms with Crippen molar-refractivity contribution in [1.82, 2.24) is 14.5 Å². The number of benzene rings is 2. The SMILES string of the molecule is COCCn1c(CN(Cc2ccco2)C(=O)c2ccccc2C)cnc1S(=O)(=O)Cc1ccccc1. The zero-order chi connectivity index (χ0) is 25.5. The van der Waals surface area contributed by atoms with E-state index in [9.17, 15) is 13.2 Å². The summed E-state index contributed by atoms with van der Waals surface area (Å²) in [5.41, 5.74) is 2.69. The number of hydrogen-bond acceptors (Lipinski definition) is 6. The summed E-state index contributed by atoms with van der Waals surface area (Å²) in [7, 11) is -2.19. The van der Waals surface area contributed by atoms with E-state index in [0.29, 0.717) is 29.2 Å². The molecule has 0 aliphatic rings. The molecular weight excluding hydrogens is 478 g/mol. The van der Waals surface area contributed by atoms with Crippen LogP contribution in [0.2, 0.25) is 0 Å². The van der Waals surface area contributed by atoms with Gasteiger partial charge in [-0.15, -0.1) is 0 Å². The number of amides is 1. The zero-order valence-electron chi connectivity index (χ0n) is 20.3. The Hall–Kier alpha value is -3.69. The van der Waals surface area contributed by atoms with Gasteiger partial charge in [-0.3, -0.25) is 4.79 Å². The summed E-state index contributed by atoms with van der Waals surface area (Å²) in [6.07, 6.45) is 3.08. The molecule has 0 aliphatic carbocycles. The van der Waals surface area contributed by atoms with Crippen molar-refractivity contribution < 1.29 is 22.4 Å². The fourth-order valence-corrected chi connectivity index (χ4v) is 5.53. The minimum atomic E-state index is -3.74. The lowest BCUT2D eigenvalue weighted by atomic mass is 10.1. The van der Waals surface area contributed by atoms with Gasteiger partial charge in [-0.25, -0.2) is 13.4 Å². The highest BCUT2D eigenvalue weighted by Gasteiger charge is 2.26. The van der Waals surface area contributed by atoms with Crippen LogP contribution in [0.4, 0.5) is 0 Å². The van der Waals surface area contributed by atoms with Crippen LogP contribution in [-0.2, 0) is 40.0 Å². The number of methoxy groups -OCH3 is 1. The Kier molecular flexibility index (Phi) is 8.02. The van der Waals surface area contributed by atoms with Crippen molar-refractivity contribution in [2.45, 2.75) is 37.5 Å². The first kappa shape index (κ1) is 25.4. The molecule has 0 fully saturated rings. The van der Waals surface area contributed by atoms with Crippen molar-refractivity contribution in [2.24, 2.45) is 0 Å². The summed E-state index contributed by atoms with van der Waals surface area (Å²) >= 11 is 0. The van der Waals surface area contributed by atoms with Gasteiger partial charge in [-0.2, -0.15) is 0 Å². The van der Waals surface area contributed by atoms with E-state index < -0.39 is 9.84 Å². The highest BCUT2D eigenvalue weighted by molar-refractivity contribution is 7.90. The molecule has 0 saturated heterocycles. The lowest BCUT2D eigenvalue weighted by Crippen LogP contribution is -2.32. The number of ether oxygens (including phenoxy) is 1. The molecule has 36 heavy (non-hydrogen) atoms. The highest BCUT2D eigenvalue weighted by atomic mass is 32.2. The predicted octanol–water partition coefficient (Wildman–Crippen LogP) is 4.25. The summed E-state index contributed by atoms with van der Waals surface area (Å²) < 4.78 is 39.0. The number of nitrogens with zero attached hydrogens (tertiary/aromatic N) is 3. The maximum Gasteiger partial charge on any atom is 0.254 e. The molecule has 0 N–H and O–H groups in total. The zero-order valence-corrected chi connectivity index (χ0v) is 21.1. The van der Waals surface area contributed by atoms with E-state index in [4.69, 9.17) is 9.15 Å². The van der Waals surface area contributed by atoms with Crippen LogP contribution in [0, 0.1) is 6.92 Å². The van der Waals surface area contributed by atoms with E-state index in [1.807, 2.05) is 31.2 Å². The summed E-state index contributed by atoms with van der Waals surface area (Å²) in [6.45, 7) is 2.83. The molecule has 4 rings (SSSR count). The lowest BCUT2D eigenvalue weighted by Gasteiger charge is -2.23. The molecule has 0 bridgehead atoms. The third kappa shape index (κ3) is 5.92. The molecule has 8 nitrogen and oxygen atoms in total. The van der Waals surface area contributed by atoms with Gasteiger partial charge in [0.15, 0.2) is 0 Å².